The van der Waals surface area contributed by atoms with Gasteiger partial charge in [-0.1, -0.05) is 54.4 Å². The number of halogens is 2. The maximum absolute atomic E-state index is 6.50. The third-order valence-electron chi connectivity index (χ3n) is 6.27. The molecule has 2 aromatic carbocycles. The molecular formula is C26H30Cl2N2OS. The fourth-order valence-corrected chi connectivity index (χ4v) is 5.72. The Balaban J connectivity index is 1.60. The van der Waals surface area contributed by atoms with E-state index in [1.54, 1.807) is 24.5 Å². The van der Waals surface area contributed by atoms with Crippen molar-refractivity contribution in [3.63, 3.8) is 0 Å². The number of aromatic nitrogens is 1. The van der Waals surface area contributed by atoms with Crippen molar-refractivity contribution in [1.82, 2.24) is 4.98 Å². The minimum atomic E-state index is 0.116. The molecule has 3 nitrogen and oxygen atoms in total. The Kier molecular flexibility index (Phi) is 7.46. The molecule has 1 aliphatic rings. The summed E-state index contributed by atoms with van der Waals surface area (Å²) >= 11 is 14.4. The maximum atomic E-state index is 6.50. The van der Waals surface area contributed by atoms with E-state index in [4.69, 9.17) is 32.9 Å². The third-order valence-corrected chi connectivity index (χ3v) is 7.80. The molecule has 1 saturated carbocycles. The van der Waals surface area contributed by atoms with Crippen LogP contribution in [-0.4, -0.2) is 24.2 Å². The second-order valence-corrected chi connectivity index (χ2v) is 10.6. The average Bonchev–Trinajstić information content (AvgIpc) is 3.55. The van der Waals surface area contributed by atoms with E-state index >= 15 is 0 Å². The number of hydrogen-bond acceptors (Lipinski definition) is 4. The highest BCUT2D eigenvalue weighted by molar-refractivity contribution is 7.16. The highest BCUT2D eigenvalue weighted by Crippen LogP contribution is 2.42. The lowest BCUT2D eigenvalue weighted by Gasteiger charge is -2.31. The molecule has 0 spiro atoms. The van der Waals surface area contributed by atoms with Gasteiger partial charge in [0, 0.05) is 34.7 Å². The number of aryl methyl sites for hydroxylation is 1. The van der Waals surface area contributed by atoms with Gasteiger partial charge in [-0.15, -0.1) is 11.3 Å². The van der Waals surface area contributed by atoms with Crippen molar-refractivity contribution in [3.8, 4) is 11.3 Å². The lowest BCUT2D eigenvalue weighted by atomic mass is 10.00. The van der Waals surface area contributed by atoms with Gasteiger partial charge in [0.1, 0.15) is 0 Å². The van der Waals surface area contributed by atoms with E-state index in [1.165, 1.54) is 28.8 Å². The predicted molar refractivity (Wildman–Crippen MR) is 137 cm³/mol. The van der Waals surface area contributed by atoms with Crippen molar-refractivity contribution in [2.24, 2.45) is 0 Å². The number of benzene rings is 2. The molecule has 3 aromatic rings. The molecule has 0 amide bonds. The van der Waals surface area contributed by atoms with Crippen molar-refractivity contribution in [1.29, 1.82) is 0 Å². The molecule has 4 rings (SSSR count). The smallest absolute Gasteiger partial charge is 0.186 e. The second-order valence-electron chi connectivity index (χ2n) is 8.55. The first-order valence-electron chi connectivity index (χ1n) is 11.2. The van der Waals surface area contributed by atoms with Crippen molar-refractivity contribution in [2.75, 3.05) is 12.0 Å². The zero-order chi connectivity index (χ0) is 22.8. The summed E-state index contributed by atoms with van der Waals surface area (Å²) in [7, 11) is 1.75. The molecule has 2 unspecified atom stereocenters. The van der Waals surface area contributed by atoms with Crippen LogP contribution >= 0.6 is 34.5 Å². The molecule has 170 valence electrons. The fourth-order valence-electron chi connectivity index (χ4n) is 4.16. The van der Waals surface area contributed by atoms with E-state index in [-0.39, 0.29) is 6.10 Å². The van der Waals surface area contributed by atoms with Crippen LogP contribution < -0.4 is 4.90 Å². The van der Waals surface area contributed by atoms with E-state index in [9.17, 15) is 0 Å². The van der Waals surface area contributed by atoms with Crippen LogP contribution in [0.15, 0.2) is 42.5 Å². The van der Waals surface area contributed by atoms with Crippen LogP contribution in [-0.2, 0) is 11.2 Å². The summed E-state index contributed by atoms with van der Waals surface area (Å²) in [6.45, 7) is 6.48. The predicted octanol–water partition coefficient (Wildman–Crippen LogP) is 8.12. The van der Waals surface area contributed by atoms with Gasteiger partial charge in [0.05, 0.1) is 16.8 Å². The van der Waals surface area contributed by atoms with Gasteiger partial charge in [0.2, 0.25) is 0 Å². The number of thiazole rings is 1. The zero-order valence-electron chi connectivity index (χ0n) is 19.1. The van der Waals surface area contributed by atoms with Gasteiger partial charge in [0.25, 0.3) is 0 Å². The van der Waals surface area contributed by atoms with Crippen LogP contribution in [0.2, 0.25) is 10.0 Å². The highest BCUT2D eigenvalue weighted by atomic mass is 35.5. The van der Waals surface area contributed by atoms with Crippen LogP contribution in [0.4, 0.5) is 5.13 Å². The van der Waals surface area contributed by atoms with Crippen LogP contribution in [0, 0.1) is 6.92 Å². The van der Waals surface area contributed by atoms with Crippen molar-refractivity contribution in [2.45, 2.75) is 64.6 Å². The van der Waals surface area contributed by atoms with E-state index < -0.39 is 0 Å². The first-order valence-corrected chi connectivity index (χ1v) is 12.8. The fraction of sp³-hybridized carbons (Fsp3) is 0.423. The van der Waals surface area contributed by atoms with E-state index in [2.05, 4.69) is 49.9 Å². The summed E-state index contributed by atoms with van der Waals surface area (Å²) in [5, 5.41) is 2.39. The Hall–Kier alpha value is -1.59. The molecule has 32 heavy (non-hydrogen) atoms. The summed E-state index contributed by atoms with van der Waals surface area (Å²) in [6, 6.07) is 15.5. The average molecular weight is 490 g/mol. The highest BCUT2D eigenvalue weighted by Gasteiger charge is 2.36. The molecule has 1 aromatic heterocycles. The van der Waals surface area contributed by atoms with Crippen molar-refractivity contribution in [3.05, 3.63) is 68.5 Å². The number of rotatable bonds is 9. The Bertz CT molecular complexity index is 1060. The second kappa shape index (κ2) is 10.1. The number of anilines is 1. The van der Waals surface area contributed by atoms with Crippen LogP contribution in [0.3, 0.4) is 0 Å². The molecule has 1 aliphatic carbocycles. The van der Waals surface area contributed by atoms with E-state index in [0.29, 0.717) is 22.1 Å². The van der Waals surface area contributed by atoms with Gasteiger partial charge in [-0.2, -0.15) is 0 Å². The zero-order valence-corrected chi connectivity index (χ0v) is 21.4. The third kappa shape index (κ3) is 5.14. The van der Waals surface area contributed by atoms with Crippen molar-refractivity contribution >= 4 is 39.7 Å². The first kappa shape index (κ1) is 23.6. The Morgan fingerprint density at radius 3 is 2.47 bits per heavy atom. The lowest BCUT2D eigenvalue weighted by molar-refractivity contribution is 0.119. The van der Waals surface area contributed by atoms with E-state index in [0.717, 1.165) is 29.2 Å². The molecule has 1 fully saturated rings. The van der Waals surface area contributed by atoms with Crippen LogP contribution in [0.25, 0.3) is 11.3 Å². The van der Waals surface area contributed by atoms with Gasteiger partial charge in [-0.3, -0.25) is 0 Å². The van der Waals surface area contributed by atoms with Gasteiger partial charge in [-0.25, -0.2) is 4.98 Å². The van der Waals surface area contributed by atoms with Crippen LogP contribution in [0.1, 0.15) is 55.2 Å². The molecule has 0 saturated heterocycles. The molecule has 0 N–H and O–H groups in total. The summed E-state index contributed by atoms with van der Waals surface area (Å²) in [4.78, 5) is 8.84. The number of nitrogens with zero attached hydrogens (tertiary/aromatic N) is 2. The normalized spacial score (nSPS) is 15.6. The largest absolute Gasteiger partial charge is 0.377 e. The monoisotopic (exact) mass is 488 g/mol. The van der Waals surface area contributed by atoms with Crippen LogP contribution in [0.5, 0.6) is 0 Å². The first-order chi connectivity index (χ1) is 15.4. The lowest BCUT2D eigenvalue weighted by Crippen LogP contribution is -2.38. The molecule has 0 bridgehead atoms. The number of ether oxygens (including phenoxy) is 1. The molecular weight excluding hydrogens is 459 g/mol. The maximum Gasteiger partial charge on any atom is 0.186 e. The quantitative estimate of drug-likeness (QED) is 0.303. The number of methoxy groups -OCH3 is 1. The summed E-state index contributed by atoms with van der Waals surface area (Å²) in [5.74, 6) is 0. The molecule has 6 heteroatoms. The van der Waals surface area contributed by atoms with Crippen molar-refractivity contribution < 1.29 is 4.74 Å². The Labute approximate surface area is 205 Å². The number of hydrogen-bond donors (Lipinski definition) is 0. The van der Waals surface area contributed by atoms with E-state index in [1.807, 2.05) is 12.1 Å². The SMILES string of the molecule is CCC(Cc1ccc(C(C)OC)cc1)N(c1nc(-c2ccc(Cl)cc2Cl)c(C)s1)C1CC1. The minimum absolute atomic E-state index is 0.116. The summed E-state index contributed by atoms with van der Waals surface area (Å²) in [6.07, 6.45) is 4.66. The molecule has 0 radical (unpaired) electrons. The molecule has 0 aliphatic heterocycles. The molecule has 1 heterocycles. The molecule has 2 atom stereocenters. The minimum Gasteiger partial charge on any atom is -0.377 e. The Morgan fingerprint density at radius 2 is 1.88 bits per heavy atom. The van der Waals surface area contributed by atoms with Gasteiger partial charge in [-0.05, 0) is 68.9 Å². The summed E-state index contributed by atoms with van der Waals surface area (Å²) in [5.41, 5.74) is 4.47. The Morgan fingerprint density at radius 1 is 1.16 bits per heavy atom. The van der Waals surface area contributed by atoms with Gasteiger partial charge >= 0.3 is 0 Å². The topological polar surface area (TPSA) is 25.4 Å². The van der Waals surface area contributed by atoms with Gasteiger partial charge < -0.3 is 9.64 Å². The standard InChI is InChI=1S/C26H30Cl2N2OS/c1-5-21(14-18-6-8-19(9-7-18)16(2)31-4)30(22-11-12-22)26-29-25(17(3)32-26)23-13-10-20(27)15-24(23)28/h6-10,13,15-16,21-22H,5,11-12,14H2,1-4H3. The van der Waals surface area contributed by atoms with Gasteiger partial charge in [0.15, 0.2) is 5.13 Å². The summed E-state index contributed by atoms with van der Waals surface area (Å²) < 4.78 is 5.45.